The van der Waals surface area contributed by atoms with Crippen LogP contribution < -0.4 is 5.32 Å². The number of hydrogen-bond acceptors (Lipinski definition) is 2. The lowest BCUT2D eigenvalue weighted by atomic mass is 10.0. The van der Waals surface area contributed by atoms with E-state index in [1.165, 1.54) is 5.69 Å². The Labute approximate surface area is 116 Å². The van der Waals surface area contributed by atoms with E-state index < -0.39 is 0 Å². The minimum absolute atomic E-state index is 0.0962. The van der Waals surface area contributed by atoms with E-state index in [0.29, 0.717) is 5.92 Å². The van der Waals surface area contributed by atoms with Crippen LogP contribution in [0.2, 0.25) is 0 Å². The zero-order valence-corrected chi connectivity index (χ0v) is 12.2. The average molecular weight is 262 g/mol. The molecule has 0 saturated carbocycles. The molecule has 106 valence electrons. The number of aliphatic hydroxyl groups is 1. The summed E-state index contributed by atoms with van der Waals surface area (Å²) in [5.41, 5.74) is 1.19. The summed E-state index contributed by atoms with van der Waals surface area (Å²) in [6, 6.07) is 4.41. The molecule has 1 heterocycles. The number of aromatic nitrogens is 1. The summed E-state index contributed by atoms with van der Waals surface area (Å²) < 4.78 is 2.11. The molecule has 1 aromatic heterocycles. The molecule has 1 aromatic rings. The van der Waals surface area contributed by atoms with Gasteiger partial charge < -0.3 is 15.0 Å². The molecule has 0 amide bonds. The lowest BCUT2D eigenvalue weighted by Gasteiger charge is -2.27. The lowest BCUT2D eigenvalue weighted by Crippen LogP contribution is -2.40. The molecule has 0 aliphatic carbocycles. The summed E-state index contributed by atoms with van der Waals surface area (Å²) >= 11 is 0. The molecule has 0 aromatic carbocycles. The third-order valence-electron chi connectivity index (χ3n) is 3.30. The molecule has 0 saturated heterocycles. The molecule has 3 heteroatoms. The minimum Gasteiger partial charge on any atom is -0.395 e. The number of hydrogen-bond donors (Lipinski definition) is 2. The predicted octanol–water partition coefficient (Wildman–Crippen LogP) is 3.20. The third kappa shape index (κ3) is 4.37. The first-order chi connectivity index (χ1) is 9.13. The highest BCUT2D eigenvalue weighted by molar-refractivity contribution is 5.29. The first kappa shape index (κ1) is 15.7. The first-order valence-corrected chi connectivity index (χ1v) is 6.91. The molecule has 0 spiro atoms. The molecule has 0 aliphatic rings. The van der Waals surface area contributed by atoms with E-state index in [1.807, 2.05) is 37.5 Å². The van der Waals surface area contributed by atoms with Gasteiger partial charge in [-0.25, -0.2) is 0 Å². The van der Waals surface area contributed by atoms with Gasteiger partial charge in [-0.2, -0.15) is 0 Å². The molecular weight excluding hydrogens is 236 g/mol. The summed E-state index contributed by atoms with van der Waals surface area (Å²) in [4.78, 5) is 0. The van der Waals surface area contributed by atoms with Gasteiger partial charge in [0.15, 0.2) is 0 Å². The largest absolute Gasteiger partial charge is 0.395 e. The highest BCUT2D eigenvalue weighted by Crippen LogP contribution is 2.20. The molecule has 0 bridgehead atoms. The van der Waals surface area contributed by atoms with Gasteiger partial charge in [-0.3, -0.25) is 0 Å². The number of nitrogens with zero attached hydrogens (tertiary/aromatic N) is 1. The van der Waals surface area contributed by atoms with Crippen LogP contribution in [0.3, 0.4) is 0 Å². The zero-order valence-electron chi connectivity index (χ0n) is 12.2. The second kappa shape index (κ2) is 7.97. The molecule has 2 N–H and O–H groups in total. The van der Waals surface area contributed by atoms with Crippen LogP contribution in [0.25, 0.3) is 6.20 Å². The molecule has 1 rings (SSSR count). The maximum atomic E-state index is 9.47. The van der Waals surface area contributed by atoms with Gasteiger partial charge in [0.05, 0.1) is 12.6 Å². The Morgan fingerprint density at radius 2 is 2.21 bits per heavy atom. The number of nitrogens with one attached hydrogen (secondary N) is 1. The Kier molecular flexibility index (Phi) is 6.60. The van der Waals surface area contributed by atoms with Crippen molar-refractivity contribution < 1.29 is 5.11 Å². The van der Waals surface area contributed by atoms with E-state index in [2.05, 4.69) is 36.4 Å². The summed E-state index contributed by atoms with van der Waals surface area (Å²) in [5, 5.41) is 13.0. The highest BCUT2D eigenvalue weighted by atomic mass is 16.3. The second-order valence-electron chi connectivity index (χ2n) is 5.10. The van der Waals surface area contributed by atoms with Gasteiger partial charge in [0.1, 0.15) is 0 Å². The van der Waals surface area contributed by atoms with Crippen LogP contribution in [0.1, 0.15) is 38.9 Å². The molecule has 19 heavy (non-hydrogen) atoms. The Hall–Kier alpha value is -1.32. The van der Waals surface area contributed by atoms with Crippen molar-refractivity contribution in [2.45, 2.75) is 39.3 Å². The molecule has 0 unspecified atom stereocenters. The highest BCUT2D eigenvalue weighted by Gasteiger charge is 2.19. The molecule has 0 radical (unpaired) electrons. The second-order valence-corrected chi connectivity index (χ2v) is 5.10. The Bertz CT molecular complexity index is 407. The van der Waals surface area contributed by atoms with Crippen LogP contribution in [-0.4, -0.2) is 22.3 Å². The zero-order chi connectivity index (χ0) is 14.3. The van der Waals surface area contributed by atoms with E-state index in [4.69, 9.17) is 0 Å². The van der Waals surface area contributed by atoms with E-state index in [1.54, 1.807) is 0 Å². The standard InChI is InChI=1S/C16H26N2O/c1-5-8-14(17-15(12-19)13(3)4)16-9-7-11-18(16)10-6-2/h5-7,9-11,13-15,17,19H,1,8,12H2,2-4H3/b10-6-/t14-,15+/m0/s1. The Morgan fingerprint density at radius 1 is 1.47 bits per heavy atom. The van der Waals surface area contributed by atoms with Crippen LogP contribution in [-0.2, 0) is 0 Å². The topological polar surface area (TPSA) is 37.2 Å². The van der Waals surface area contributed by atoms with Crippen molar-refractivity contribution in [1.29, 1.82) is 0 Å². The normalized spacial score (nSPS) is 15.0. The van der Waals surface area contributed by atoms with Crippen LogP contribution in [0.4, 0.5) is 0 Å². The fourth-order valence-corrected chi connectivity index (χ4v) is 2.15. The first-order valence-electron chi connectivity index (χ1n) is 6.91. The van der Waals surface area contributed by atoms with Crippen molar-refractivity contribution in [2.24, 2.45) is 5.92 Å². The van der Waals surface area contributed by atoms with Crippen molar-refractivity contribution in [3.05, 3.63) is 42.8 Å². The van der Waals surface area contributed by atoms with Crippen molar-refractivity contribution >= 4 is 6.20 Å². The van der Waals surface area contributed by atoms with Crippen LogP contribution in [0, 0.1) is 5.92 Å². The maximum Gasteiger partial charge on any atom is 0.0587 e. The molecule has 0 aliphatic heterocycles. The van der Waals surface area contributed by atoms with E-state index in [9.17, 15) is 5.11 Å². The number of rotatable bonds is 8. The molecule has 2 atom stereocenters. The molecular formula is C16H26N2O. The average Bonchev–Trinajstić information content (AvgIpc) is 2.82. The third-order valence-corrected chi connectivity index (χ3v) is 3.30. The summed E-state index contributed by atoms with van der Waals surface area (Å²) in [5.74, 6) is 0.391. The van der Waals surface area contributed by atoms with Gasteiger partial charge in [-0.15, -0.1) is 6.58 Å². The Balaban J connectivity index is 2.92. The van der Waals surface area contributed by atoms with E-state index in [0.717, 1.165) is 6.42 Å². The van der Waals surface area contributed by atoms with Crippen molar-refractivity contribution in [2.75, 3.05) is 6.61 Å². The molecule has 3 nitrogen and oxygen atoms in total. The van der Waals surface area contributed by atoms with Gasteiger partial charge >= 0.3 is 0 Å². The van der Waals surface area contributed by atoms with Crippen molar-refractivity contribution in [3.63, 3.8) is 0 Å². The van der Waals surface area contributed by atoms with E-state index in [-0.39, 0.29) is 18.7 Å². The Morgan fingerprint density at radius 3 is 2.74 bits per heavy atom. The summed E-state index contributed by atoms with van der Waals surface area (Å²) in [6.07, 6.45) is 8.84. The van der Waals surface area contributed by atoms with Gasteiger partial charge in [0, 0.05) is 24.1 Å². The maximum absolute atomic E-state index is 9.47. The SMILES string of the molecule is C=CC[C@H](N[C@H](CO)C(C)C)c1cccn1/C=C\C. The van der Waals surface area contributed by atoms with Crippen LogP contribution in [0.5, 0.6) is 0 Å². The van der Waals surface area contributed by atoms with Crippen molar-refractivity contribution in [3.8, 4) is 0 Å². The summed E-state index contributed by atoms with van der Waals surface area (Å²) in [7, 11) is 0. The van der Waals surface area contributed by atoms with Crippen molar-refractivity contribution in [1.82, 2.24) is 9.88 Å². The number of aliphatic hydroxyl groups excluding tert-OH is 1. The fourth-order valence-electron chi connectivity index (χ4n) is 2.15. The fraction of sp³-hybridized carbons (Fsp3) is 0.500. The lowest BCUT2D eigenvalue weighted by molar-refractivity contribution is 0.198. The van der Waals surface area contributed by atoms with Gasteiger partial charge in [-0.1, -0.05) is 26.0 Å². The van der Waals surface area contributed by atoms with E-state index >= 15 is 0 Å². The smallest absolute Gasteiger partial charge is 0.0587 e. The quantitative estimate of drug-likeness (QED) is 0.706. The minimum atomic E-state index is 0.0962. The van der Waals surface area contributed by atoms with Crippen LogP contribution >= 0.6 is 0 Å². The van der Waals surface area contributed by atoms with Crippen LogP contribution in [0.15, 0.2) is 37.1 Å². The number of allylic oxidation sites excluding steroid dienone is 1. The molecule has 0 fully saturated rings. The van der Waals surface area contributed by atoms with Gasteiger partial charge in [-0.05, 0) is 31.4 Å². The van der Waals surface area contributed by atoms with Gasteiger partial charge in [0.2, 0.25) is 0 Å². The predicted molar refractivity (Wildman–Crippen MR) is 81.8 cm³/mol. The summed E-state index contributed by atoms with van der Waals surface area (Å²) in [6.45, 7) is 10.2. The monoisotopic (exact) mass is 262 g/mol. The van der Waals surface area contributed by atoms with Gasteiger partial charge in [0.25, 0.3) is 0 Å².